The van der Waals surface area contributed by atoms with Crippen LogP contribution in [-0.4, -0.2) is 42.4 Å². The first-order valence-electron chi connectivity index (χ1n) is 7.90. The maximum absolute atomic E-state index is 12.9. The average molecular weight is 379 g/mol. The Hall–Kier alpha value is -1.73. The van der Waals surface area contributed by atoms with Gasteiger partial charge in [0, 0.05) is 23.0 Å². The number of aliphatic hydroxyl groups excluding tert-OH is 1. The highest BCUT2D eigenvalue weighted by Crippen LogP contribution is 2.46. The molecule has 0 aromatic heterocycles. The number of nitrogens with one attached hydrogen (secondary N) is 1. The van der Waals surface area contributed by atoms with Crippen molar-refractivity contribution >= 4 is 35.0 Å². The third-order valence-corrected chi connectivity index (χ3v) is 5.68. The molecule has 7 heteroatoms. The molecule has 1 heterocycles. The lowest BCUT2D eigenvalue weighted by atomic mass is 10.1. The van der Waals surface area contributed by atoms with Crippen LogP contribution in [0.4, 0.5) is 5.69 Å². The number of fused-ring (bicyclic) bond motifs is 1. The number of aromatic hydroxyl groups is 1. The van der Waals surface area contributed by atoms with E-state index in [1.165, 1.54) is 11.8 Å². The van der Waals surface area contributed by atoms with E-state index in [0.717, 1.165) is 16.1 Å². The van der Waals surface area contributed by atoms with E-state index < -0.39 is 11.4 Å². The highest BCUT2D eigenvalue weighted by Gasteiger charge is 2.37. The predicted molar refractivity (Wildman–Crippen MR) is 100 cm³/mol. The number of phenols is 1. The van der Waals surface area contributed by atoms with E-state index in [0.29, 0.717) is 18.1 Å². The van der Waals surface area contributed by atoms with Crippen molar-refractivity contribution in [2.45, 2.75) is 16.2 Å². The number of carbonyl (C=O) groups excluding carboxylic acids is 1. The molecular formula is C18H19ClN2O3S. The maximum atomic E-state index is 12.9. The molecule has 1 aliphatic rings. The first-order chi connectivity index (χ1) is 12.0. The molecule has 2 aromatic rings. The van der Waals surface area contributed by atoms with Crippen LogP contribution < -0.4 is 10.2 Å². The minimum atomic E-state index is -1.20. The highest BCUT2D eigenvalue weighted by atomic mass is 35.5. The van der Waals surface area contributed by atoms with Gasteiger partial charge < -0.3 is 20.4 Å². The number of amides is 1. The van der Waals surface area contributed by atoms with Gasteiger partial charge in [-0.25, -0.2) is 0 Å². The quantitative estimate of drug-likeness (QED) is 0.763. The number of rotatable bonds is 4. The summed E-state index contributed by atoms with van der Waals surface area (Å²) in [5.41, 5.74) is 1.51. The third kappa shape index (κ3) is 3.77. The summed E-state index contributed by atoms with van der Waals surface area (Å²) in [5, 5.41) is 23.3. The van der Waals surface area contributed by atoms with E-state index in [9.17, 15) is 15.0 Å². The summed E-state index contributed by atoms with van der Waals surface area (Å²) in [6.45, 7) is 1.05. The fraction of sp³-hybridized carbons (Fsp3) is 0.278. The fourth-order valence-corrected chi connectivity index (χ4v) is 4.33. The molecule has 1 amide bonds. The first-order valence-corrected chi connectivity index (χ1v) is 9.16. The number of nitrogens with zero attached hydrogens (tertiary/aromatic N) is 1. The van der Waals surface area contributed by atoms with Crippen LogP contribution in [0.1, 0.15) is 10.8 Å². The molecule has 0 fully saturated rings. The molecule has 0 saturated carbocycles. The van der Waals surface area contributed by atoms with Gasteiger partial charge in [0.1, 0.15) is 11.9 Å². The van der Waals surface area contributed by atoms with Crippen LogP contribution in [-0.2, 0) is 4.79 Å². The van der Waals surface area contributed by atoms with Gasteiger partial charge in [0.25, 0.3) is 5.91 Å². The zero-order chi connectivity index (χ0) is 18.0. The fourth-order valence-electron chi connectivity index (χ4n) is 2.78. The summed E-state index contributed by atoms with van der Waals surface area (Å²) in [5.74, 6) is -0.204. The smallest absolute Gasteiger partial charge is 0.257 e. The number of aliphatic hydroxyl groups is 1. The molecule has 0 bridgehead atoms. The summed E-state index contributed by atoms with van der Waals surface area (Å²) in [4.78, 5) is 15.3. The molecule has 0 radical (unpaired) electrons. The Labute approximate surface area is 155 Å². The summed E-state index contributed by atoms with van der Waals surface area (Å²) in [6.07, 6.45) is -1.20. The van der Waals surface area contributed by atoms with Crippen molar-refractivity contribution in [3.8, 4) is 5.75 Å². The number of hydrogen-bond donors (Lipinski definition) is 3. The molecule has 2 atom stereocenters. The number of benzene rings is 2. The molecule has 3 N–H and O–H groups in total. The van der Waals surface area contributed by atoms with Crippen molar-refractivity contribution in [2.75, 3.05) is 25.0 Å². The second kappa shape index (κ2) is 7.66. The van der Waals surface area contributed by atoms with Crippen molar-refractivity contribution in [2.24, 2.45) is 0 Å². The second-order valence-corrected chi connectivity index (χ2v) is 7.40. The van der Waals surface area contributed by atoms with Gasteiger partial charge in [-0.15, -0.1) is 11.8 Å². The molecule has 0 unspecified atom stereocenters. The van der Waals surface area contributed by atoms with Crippen molar-refractivity contribution in [3.05, 3.63) is 53.1 Å². The van der Waals surface area contributed by atoms with Crippen LogP contribution in [0.3, 0.4) is 0 Å². The number of phenolic OH excluding ortho intramolecular Hbond substituents is 1. The van der Waals surface area contributed by atoms with Crippen LogP contribution in [0.2, 0.25) is 5.02 Å². The summed E-state index contributed by atoms with van der Waals surface area (Å²) in [7, 11) is 1.81. The molecule has 2 aromatic carbocycles. The van der Waals surface area contributed by atoms with E-state index in [1.807, 2.05) is 19.2 Å². The molecule has 0 saturated heterocycles. The van der Waals surface area contributed by atoms with Gasteiger partial charge >= 0.3 is 0 Å². The van der Waals surface area contributed by atoms with Crippen LogP contribution in [0.5, 0.6) is 5.75 Å². The third-order valence-electron chi connectivity index (χ3n) is 4.08. The monoisotopic (exact) mass is 378 g/mol. The highest BCUT2D eigenvalue weighted by molar-refractivity contribution is 7.99. The SMILES string of the molecule is CNCCN1C(=O)[C@H](O)[C@H](c2ccc(O)cc2)Sc2cc(Cl)ccc21. The number of anilines is 1. The molecule has 132 valence electrons. The number of thioether (sulfide) groups is 1. The minimum absolute atomic E-state index is 0.141. The van der Waals surface area contributed by atoms with E-state index in [2.05, 4.69) is 5.32 Å². The molecule has 3 rings (SSSR count). The van der Waals surface area contributed by atoms with Crippen molar-refractivity contribution in [1.82, 2.24) is 5.32 Å². The first kappa shape index (κ1) is 18.1. The second-order valence-electron chi connectivity index (χ2n) is 5.78. The Bertz CT molecular complexity index is 769. The molecule has 0 spiro atoms. The Morgan fingerprint density at radius 2 is 1.96 bits per heavy atom. The van der Waals surface area contributed by atoms with Gasteiger partial charge in [-0.1, -0.05) is 23.7 Å². The van der Waals surface area contributed by atoms with Gasteiger partial charge in [0.2, 0.25) is 0 Å². The topological polar surface area (TPSA) is 72.8 Å². The molecule has 5 nitrogen and oxygen atoms in total. The summed E-state index contributed by atoms with van der Waals surface area (Å²) >= 11 is 7.55. The van der Waals surface area contributed by atoms with Crippen LogP contribution in [0.15, 0.2) is 47.4 Å². The van der Waals surface area contributed by atoms with Gasteiger partial charge in [-0.3, -0.25) is 4.79 Å². The molecule has 1 aliphatic heterocycles. The van der Waals surface area contributed by atoms with Gasteiger partial charge in [0.15, 0.2) is 0 Å². The molecule has 25 heavy (non-hydrogen) atoms. The Balaban J connectivity index is 2.05. The molecular weight excluding hydrogens is 360 g/mol. The number of carbonyl (C=O) groups is 1. The predicted octanol–water partition coefficient (Wildman–Crippen LogP) is 2.81. The Morgan fingerprint density at radius 3 is 2.64 bits per heavy atom. The lowest BCUT2D eigenvalue weighted by Gasteiger charge is -2.25. The number of hydrogen-bond acceptors (Lipinski definition) is 5. The molecule has 0 aliphatic carbocycles. The van der Waals surface area contributed by atoms with Crippen molar-refractivity contribution in [1.29, 1.82) is 0 Å². The zero-order valence-corrected chi connectivity index (χ0v) is 15.2. The van der Waals surface area contributed by atoms with Crippen LogP contribution in [0.25, 0.3) is 0 Å². The Kier molecular flexibility index (Phi) is 5.54. The number of halogens is 1. The van der Waals surface area contributed by atoms with Crippen molar-refractivity contribution < 1.29 is 15.0 Å². The average Bonchev–Trinajstić information content (AvgIpc) is 2.70. The normalized spacial score (nSPS) is 20.3. The van der Waals surface area contributed by atoms with Crippen LogP contribution >= 0.6 is 23.4 Å². The van der Waals surface area contributed by atoms with E-state index in [4.69, 9.17) is 11.6 Å². The van der Waals surface area contributed by atoms with E-state index in [-0.39, 0.29) is 11.7 Å². The zero-order valence-electron chi connectivity index (χ0n) is 13.6. The van der Waals surface area contributed by atoms with Gasteiger partial charge in [0.05, 0.1) is 10.9 Å². The van der Waals surface area contributed by atoms with E-state index >= 15 is 0 Å². The van der Waals surface area contributed by atoms with E-state index in [1.54, 1.807) is 35.2 Å². The standard InChI is InChI=1S/C18H19ClN2O3S/c1-20-8-9-21-14-7-4-12(19)10-15(14)25-17(16(23)18(21)24)11-2-5-13(22)6-3-11/h2-7,10,16-17,20,22-23H,8-9H2,1H3/t16-,17+/m1/s1. The van der Waals surface area contributed by atoms with Crippen LogP contribution in [0, 0.1) is 0 Å². The van der Waals surface area contributed by atoms with Crippen molar-refractivity contribution in [3.63, 3.8) is 0 Å². The Morgan fingerprint density at radius 1 is 1.24 bits per heavy atom. The van der Waals surface area contributed by atoms with Gasteiger partial charge in [-0.2, -0.15) is 0 Å². The lowest BCUT2D eigenvalue weighted by molar-refractivity contribution is -0.126. The minimum Gasteiger partial charge on any atom is -0.508 e. The largest absolute Gasteiger partial charge is 0.508 e. The summed E-state index contributed by atoms with van der Waals surface area (Å²) in [6, 6.07) is 11.9. The lowest BCUT2D eigenvalue weighted by Crippen LogP contribution is -2.43. The summed E-state index contributed by atoms with van der Waals surface area (Å²) < 4.78 is 0. The van der Waals surface area contributed by atoms with Gasteiger partial charge in [-0.05, 0) is 42.9 Å². The maximum Gasteiger partial charge on any atom is 0.257 e. The number of likely N-dealkylation sites (N-methyl/N-ethyl adjacent to an activating group) is 1.